The van der Waals surface area contributed by atoms with Crippen molar-refractivity contribution in [1.29, 1.82) is 0 Å². The largest absolute Gasteiger partial charge is 0.497 e. The molecule has 156 valence electrons. The minimum atomic E-state index is -0.678. The third-order valence-electron chi connectivity index (χ3n) is 5.54. The van der Waals surface area contributed by atoms with Gasteiger partial charge < -0.3 is 14.8 Å². The summed E-state index contributed by atoms with van der Waals surface area (Å²) < 4.78 is 10.8. The van der Waals surface area contributed by atoms with Crippen LogP contribution in [0.15, 0.2) is 48.5 Å². The van der Waals surface area contributed by atoms with E-state index in [1.807, 2.05) is 55.5 Å². The lowest BCUT2D eigenvalue weighted by atomic mass is 9.73. The third-order valence-corrected chi connectivity index (χ3v) is 6.66. The number of methoxy groups -OCH3 is 1. The minimum Gasteiger partial charge on any atom is -0.497 e. The second kappa shape index (κ2) is 8.76. The number of anilines is 1. The molecule has 1 amide bonds. The summed E-state index contributed by atoms with van der Waals surface area (Å²) in [5, 5.41) is 4.29. The topological polar surface area (TPSA) is 60.5 Å². The van der Waals surface area contributed by atoms with E-state index in [9.17, 15) is 4.79 Å². The van der Waals surface area contributed by atoms with Gasteiger partial charge in [-0.1, -0.05) is 23.7 Å². The molecule has 0 spiro atoms. The summed E-state index contributed by atoms with van der Waals surface area (Å²) in [5.74, 6) is 0.728. The van der Waals surface area contributed by atoms with Gasteiger partial charge >= 0.3 is 0 Å². The molecule has 0 unspecified atom stereocenters. The average molecular weight is 443 g/mol. The standard InChI is InChI=1S/C23H23ClN2O3S/c1-15-20(16-6-8-19(28-2)9-7-16)25-22(30-15)26-21(27)23(10-12-29-13-11-23)17-4-3-5-18(24)14-17/h3-9,14H,10-13H2,1-2H3,(H,25,26,27). The number of halogens is 1. The Kier molecular flexibility index (Phi) is 6.09. The van der Waals surface area contributed by atoms with Crippen molar-refractivity contribution in [2.45, 2.75) is 25.2 Å². The zero-order valence-electron chi connectivity index (χ0n) is 16.9. The lowest BCUT2D eigenvalue weighted by Crippen LogP contribution is -2.44. The molecule has 0 saturated carbocycles. The van der Waals surface area contributed by atoms with Crippen molar-refractivity contribution in [3.8, 4) is 17.0 Å². The molecule has 2 heterocycles. The van der Waals surface area contributed by atoms with Gasteiger partial charge in [0, 0.05) is 28.7 Å². The average Bonchev–Trinajstić information content (AvgIpc) is 3.14. The van der Waals surface area contributed by atoms with E-state index in [4.69, 9.17) is 26.1 Å². The second-order valence-electron chi connectivity index (χ2n) is 7.31. The van der Waals surface area contributed by atoms with Crippen molar-refractivity contribution in [2.75, 3.05) is 25.6 Å². The van der Waals surface area contributed by atoms with E-state index in [-0.39, 0.29) is 5.91 Å². The summed E-state index contributed by atoms with van der Waals surface area (Å²) in [4.78, 5) is 19.2. The van der Waals surface area contributed by atoms with Crippen molar-refractivity contribution < 1.29 is 14.3 Å². The molecule has 30 heavy (non-hydrogen) atoms. The number of hydrogen-bond acceptors (Lipinski definition) is 5. The Balaban J connectivity index is 1.61. The second-order valence-corrected chi connectivity index (χ2v) is 8.95. The fourth-order valence-electron chi connectivity index (χ4n) is 3.84. The van der Waals surface area contributed by atoms with E-state index in [1.165, 1.54) is 11.3 Å². The normalized spacial score (nSPS) is 15.6. The summed E-state index contributed by atoms with van der Waals surface area (Å²) in [7, 11) is 1.64. The van der Waals surface area contributed by atoms with Crippen LogP contribution in [0.1, 0.15) is 23.3 Å². The van der Waals surface area contributed by atoms with Crippen LogP contribution in [-0.2, 0) is 14.9 Å². The first kappa shape index (κ1) is 20.8. The molecule has 0 radical (unpaired) electrons. The number of thiazole rings is 1. The fourth-order valence-corrected chi connectivity index (χ4v) is 4.86. The molecule has 1 fully saturated rings. The highest BCUT2D eigenvalue weighted by molar-refractivity contribution is 7.16. The van der Waals surface area contributed by atoms with Crippen molar-refractivity contribution in [2.24, 2.45) is 0 Å². The number of nitrogens with zero attached hydrogens (tertiary/aromatic N) is 1. The van der Waals surface area contributed by atoms with Crippen LogP contribution in [0.2, 0.25) is 5.02 Å². The van der Waals surface area contributed by atoms with Crippen LogP contribution >= 0.6 is 22.9 Å². The Morgan fingerprint density at radius 2 is 1.93 bits per heavy atom. The van der Waals surface area contributed by atoms with Crippen molar-refractivity contribution in [3.05, 3.63) is 64.0 Å². The van der Waals surface area contributed by atoms with Gasteiger partial charge in [-0.2, -0.15) is 0 Å². The number of aromatic nitrogens is 1. The highest BCUT2D eigenvalue weighted by atomic mass is 35.5. The molecule has 0 bridgehead atoms. The van der Waals surface area contributed by atoms with Gasteiger partial charge in [-0.15, -0.1) is 11.3 Å². The van der Waals surface area contributed by atoms with Gasteiger partial charge in [-0.25, -0.2) is 4.98 Å². The number of ether oxygens (including phenoxy) is 2. The first-order chi connectivity index (χ1) is 14.5. The Hall–Kier alpha value is -2.41. The zero-order valence-corrected chi connectivity index (χ0v) is 18.5. The molecular formula is C23H23ClN2O3S. The van der Waals surface area contributed by atoms with Gasteiger partial charge in [0.15, 0.2) is 5.13 Å². The molecule has 3 aromatic rings. The Labute approximate surface area is 185 Å². The van der Waals surface area contributed by atoms with Gasteiger partial charge in [0.25, 0.3) is 0 Å². The van der Waals surface area contributed by atoms with Gasteiger partial charge in [0.2, 0.25) is 5.91 Å². The van der Waals surface area contributed by atoms with E-state index in [0.717, 1.165) is 27.4 Å². The molecule has 2 aromatic carbocycles. The molecule has 1 N–H and O–H groups in total. The number of carbonyl (C=O) groups is 1. The van der Waals surface area contributed by atoms with Crippen LogP contribution in [-0.4, -0.2) is 31.2 Å². The Morgan fingerprint density at radius 1 is 1.20 bits per heavy atom. The predicted octanol–water partition coefficient (Wildman–Crippen LogP) is 5.47. The molecule has 5 nitrogen and oxygen atoms in total. The Bertz CT molecular complexity index is 1040. The van der Waals surface area contributed by atoms with Gasteiger partial charge in [0.1, 0.15) is 5.75 Å². The number of aryl methyl sites for hydroxylation is 1. The number of hydrogen-bond donors (Lipinski definition) is 1. The molecule has 1 saturated heterocycles. The van der Waals surface area contributed by atoms with Crippen LogP contribution in [0.3, 0.4) is 0 Å². The van der Waals surface area contributed by atoms with Crippen molar-refractivity contribution in [3.63, 3.8) is 0 Å². The van der Waals surface area contributed by atoms with Crippen LogP contribution in [0.4, 0.5) is 5.13 Å². The summed E-state index contributed by atoms with van der Waals surface area (Å²) >= 11 is 7.70. The summed E-state index contributed by atoms with van der Waals surface area (Å²) in [6.07, 6.45) is 1.21. The molecule has 1 aromatic heterocycles. The van der Waals surface area contributed by atoms with Gasteiger partial charge in [-0.05, 0) is 61.7 Å². The predicted molar refractivity (Wildman–Crippen MR) is 121 cm³/mol. The van der Waals surface area contributed by atoms with Crippen molar-refractivity contribution >= 4 is 34.0 Å². The van der Waals surface area contributed by atoms with E-state index in [2.05, 4.69) is 5.32 Å². The highest BCUT2D eigenvalue weighted by Gasteiger charge is 2.42. The lowest BCUT2D eigenvalue weighted by Gasteiger charge is -2.36. The first-order valence-electron chi connectivity index (χ1n) is 9.79. The number of rotatable bonds is 5. The molecule has 0 atom stereocenters. The fraction of sp³-hybridized carbons (Fsp3) is 0.304. The van der Waals surface area contributed by atoms with E-state index in [1.54, 1.807) is 7.11 Å². The van der Waals surface area contributed by atoms with Crippen LogP contribution < -0.4 is 10.1 Å². The maximum atomic E-state index is 13.5. The van der Waals surface area contributed by atoms with E-state index < -0.39 is 5.41 Å². The lowest BCUT2D eigenvalue weighted by molar-refractivity contribution is -0.125. The minimum absolute atomic E-state index is 0.0666. The van der Waals surface area contributed by atoms with Gasteiger partial charge in [0.05, 0.1) is 18.2 Å². The quantitative estimate of drug-likeness (QED) is 0.569. The first-order valence-corrected chi connectivity index (χ1v) is 11.0. The summed E-state index contributed by atoms with van der Waals surface area (Å²) in [5.41, 5.74) is 2.09. The zero-order chi connectivity index (χ0) is 21.1. The SMILES string of the molecule is COc1ccc(-c2nc(NC(=O)C3(c4cccc(Cl)c4)CCOCC3)sc2C)cc1. The molecular weight excluding hydrogens is 420 g/mol. The monoisotopic (exact) mass is 442 g/mol. The van der Waals surface area contributed by atoms with E-state index in [0.29, 0.717) is 36.2 Å². The van der Waals surface area contributed by atoms with Gasteiger partial charge in [-0.3, -0.25) is 4.79 Å². The van der Waals surface area contributed by atoms with E-state index >= 15 is 0 Å². The number of amides is 1. The van der Waals surface area contributed by atoms with Crippen LogP contribution in [0.5, 0.6) is 5.75 Å². The van der Waals surface area contributed by atoms with Crippen LogP contribution in [0, 0.1) is 6.92 Å². The number of nitrogens with one attached hydrogen (secondary N) is 1. The van der Waals surface area contributed by atoms with Crippen molar-refractivity contribution in [1.82, 2.24) is 4.98 Å². The van der Waals surface area contributed by atoms with Crippen LogP contribution in [0.25, 0.3) is 11.3 Å². The summed E-state index contributed by atoms with van der Waals surface area (Å²) in [6.45, 7) is 3.08. The highest BCUT2D eigenvalue weighted by Crippen LogP contribution is 2.38. The number of carbonyl (C=O) groups excluding carboxylic acids is 1. The molecule has 4 rings (SSSR count). The maximum absolute atomic E-state index is 13.5. The molecule has 1 aliphatic rings. The molecule has 0 aliphatic carbocycles. The maximum Gasteiger partial charge on any atom is 0.236 e. The molecule has 1 aliphatic heterocycles. The summed E-state index contributed by atoms with van der Waals surface area (Å²) in [6, 6.07) is 15.3. The number of benzene rings is 2. The molecule has 7 heteroatoms. The smallest absolute Gasteiger partial charge is 0.236 e. The Morgan fingerprint density at radius 3 is 2.60 bits per heavy atom. The third kappa shape index (κ3) is 4.08.